The zero-order valence-electron chi connectivity index (χ0n) is 53.0. The van der Waals surface area contributed by atoms with Crippen molar-refractivity contribution < 1.29 is 80.7 Å². The number of piperidine rings is 1. The van der Waals surface area contributed by atoms with Crippen molar-refractivity contribution in [2.24, 2.45) is 0 Å². The Morgan fingerprint density at radius 1 is 0.500 bits per heavy atom. The number of amides is 3. The second-order valence-electron chi connectivity index (χ2n) is 21.8. The molecule has 5 rings (SSSR count). The Balaban J connectivity index is 0.732. The van der Waals surface area contributed by atoms with Crippen LogP contribution in [0.1, 0.15) is 88.3 Å². The van der Waals surface area contributed by atoms with Crippen LogP contribution < -0.4 is 31.5 Å². The molecule has 90 heavy (non-hydrogen) atoms. The van der Waals surface area contributed by atoms with Crippen molar-refractivity contribution in [3.63, 3.8) is 0 Å². The molecule has 0 aliphatic carbocycles. The number of anilines is 1. The number of unbranched alkanes of at least 4 members (excludes halogenated alkanes) is 2. The highest BCUT2D eigenvalue weighted by Crippen LogP contribution is 2.37. The van der Waals surface area contributed by atoms with Gasteiger partial charge in [-0.1, -0.05) is 53.5 Å². The normalized spacial score (nSPS) is 12.8. The van der Waals surface area contributed by atoms with E-state index >= 15 is 0 Å². The quantitative estimate of drug-likeness (QED) is 0.0159. The van der Waals surface area contributed by atoms with E-state index in [0.29, 0.717) is 193 Å². The molecule has 1 aliphatic heterocycles. The maximum Gasteiger partial charge on any atom is 0.426 e. The summed E-state index contributed by atoms with van der Waals surface area (Å²) in [5.41, 5.74) is 9.05. The number of hydrazine groups is 1. The van der Waals surface area contributed by atoms with E-state index < -0.39 is 17.6 Å². The Morgan fingerprint density at radius 2 is 0.933 bits per heavy atom. The number of aromatic nitrogens is 1. The standard InChI is InChI=1S/C65H98Cl2N6O17/c1-65(2,3)90-64(76)73-72-61(75)20-25-77-27-29-79-31-33-81-35-37-83-39-41-85-43-45-87-47-48-88-46-44-86-42-40-84-38-36-82-34-32-80-30-28-78-26-23-69-60(74)7-5-4-6-24-89-62-50-59(70-56-18-21-68-22-19-56)57-49-53(12-17-58(57)71-62)63(51-8-13-54(66)14-9-51)52-10-15-55(67)16-11-52/h8-17,49-50,56,63,68H,4-7,18-48H2,1-3H3,(H,69,74)(H,70,71)(H,72,75)(H,73,76). The minimum Gasteiger partial charge on any atom is -0.478 e. The van der Waals surface area contributed by atoms with Gasteiger partial charge in [-0.15, -0.1) is 0 Å². The largest absolute Gasteiger partial charge is 0.478 e. The van der Waals surface area contributed by atoms with Crippen LogP contribution in [0.15, 0.2) is 72.8 Å². The number of carbonyl (C=O) groups excluding carboxylic acids is 3. The molecule has 1 saturated heterocycles. The molecule has 3 amide bonds. The van der Waals surface area contributed by atoms with Crippen LogP contribution in [0, 0.1) is 0 Å². The SMILES string of the molecule is CC(C)(C)OC(=O)NNC(=O)CCOCCOCCOCCOCCOCCOCCOCCOCCOCCOCCOCCOCCNC(=O)CCCCCOc1cc(NC2CCNCC2)c2cc(C(c3ccc(Cl)cc3)c3ccc(Cl)cc3)ccc2n1. The number of carbonyl (C=O) groups is 3. The van der Waals surface area contributed by atoms with Crippen molar-refractivity contribution in [1.82, 2.24) is 26.5 Å². The number of fused-ring (bicyclic) bond motifs is 1. The van der Waals surface area contributed by atoms with Gasteiger partial charge < -0.3 is 82.3 Å². The van der Waals surface area contributed by atoms with Gasteiger partial charge in [0.2, 0.25) is 17.7 Å². The Bertz CT molecular complexity index is 2490. The number of hydrogen-bond acceptors (Lipinski definition) is 20. The summed E-state index contributed by atoms with van der Waals surface area (Å²) in [6, 6.07) is 24.9. The number of pyridine rings is 1. The smallest absolute Gasteiger partial charge is 0.426 e. The summed E-state index contributed by atoms with van der Waals surface area (Å²) in [5, 5.41) is 12.7. The summed E-state index contributed by atoms with van der Waals surface area (Å²) in [6.45, 7) is 18.4. The average Bonchev–Trinajstić information content (AvgIpc) is 1.08. The first kappa shape index (κ1) is 75.7. The number of rotatable bonds is 51. The lowest BCUT2D eigenvalue weighted by Crippen LogP contribution is -2.44. The second-order valence-corrected chi connectivity index (χ2v) is 22.6. The highest BCUT2D eigenvalue weighted by molar-refractivity contribution is 6.30. The Hall–Kier alpha value is -5.06. The molecular weight excluding hydrogens is 1210 g/mol. The predicted octanol–water partition coefficient (Wildman–Crippen LogP) is 8.09. The zero-order valence-corrected chi connectivity index (χ0v) is 54.5. The third kappa shape index (κ3) is 35.7. The van der Waals surface area contributed by atoms with E-state index in [9.17, 15) is 14.4 Å². The second kappa shape index (κ2) is 47.8. The maximum atomic E-state index is 12.5. The van der Waals surface area contributed by atoms with Gasteiger partial charge in [-0.2, -0.15) is 0 Å². The third-order valence-corrected chi connectivity index (χ3v) is 13.9. The van der Waals surface area contributed by atoms with Gasteiger partial charge in [0.05, 0.1) is 177 Å². The van der Waals surface area contributed by atoms with Crippen LogP contribution in [-0.2, 0) is 71.2 Å². The molecule has 25 heteroatoms. The van der Waals surface area contributed by atoms with Crippen LogP contribution in [0.2, 0.25) is 10.0 Å². The van der Waals surface area contributed by atoms with Gasteiger partial charge in [-0.25, -0.2) is 15.2 Å². The van der Waals surface area contributed by atoms with Crippen molar-refractivity contribution in [3.05, 3.63) is 99.5 Å². The van der Waals surface area contributed by atoms with E-state index in [1.54, 1.807) is 20.8 Å². The lowest BCUT2D eigenvalue weighted by atomic mass is 9.84. The summed E-state index contributed by atoms with van der Waals surface area (Å²) in [5.74, 6) is 0.153. The molecule has 23 nitrogen and oxygen atoms in total. The summed E-state index contributed by atoms with van der Waals surface area (Å²) < 4.78 is 77.5. The predicted molar refractivity (Wildman–Crippen MR) is 344 cm³/mol. The molecule has 4 aromatic rings. The summed E-state index contributed by atoms with van der Waals surface area (Å²) in [7, 11) is 0. The van der Waals surface area contributed by atoms with E-state index in [0.717, 1.165) is 78.5 Å². The van der Waals surface area contributed by atoms with Gasteiger partial charge in [-0.3, -0.25) is 15.0 Å². The van der Waals surface area contributed by atoms with Gasteiger partial charge >= 0.3 is 6.09 Å². The van der Waals surface area contributed by atoms with Gasteiger partial charge in [0.25, 0.3) is 0 Å². The lowest BCUT2D eigenvalue weighted by Gasteiger charge is -2.26. The van der Waals surface area contributed by atoms with Crippen molar-refractivity contribution in [2.75, 3.05) is 190 Å². The monoisotopic (exact) mass is 1300 g/mol. The summed E-state index contributed by atoms with van der Waals surface area (Å²) >= 11 is 12.6. The fraction of sp³-hybridized carbons (Fsp3) is 0.631. The fourth-order valence-corrected chi connectivity index (χ4v) is 9.18. The lowest BCUT2D eigenvalue weighted by molar-refractivity contribution is -0.123. The van der Waals surface area contributed by atoms with Crippen LogP contribution in [0.5, 0.6) is 5.88 Å². The van der Waals surface area contributed by atoms with Crippen molar-refractivity contribution >= 4 is 57.7 Å². The Labute approximate surface area is 541 Å². The van der Waals surface area contributed by atoms with Crippen LogP contribution in [0.25, 0.3) is 10.9 Å². The highest BCUT2D eigenvalue weighted by Gasteiger charge is 2.21. The molecule has 0 saturated carbocycles. The summed E-state index contributed by atoms with van der Waals surface area (Å²) in [6.07, 6.45) is 4.26. The van der Waals surface area contributed by atoms with E-state index in [1.165, 1.54) is 0 Å². The fourth-order valence-electron chi connectivity index (χ4n) is 8.93. The number of benzene rings is 3. The van der Waals surface area contributed by atoms with Crippen LogP contribution in [0.3, 0.4) is 0 Å². The highest BCUT2D eigenvalue weighted by atomic mass is 35.5. The van der Waals surface area contributed by atoms with Gasteiger partial charge in [0.15, 0.2) is 0 Å². The van der Waals surface area contributed by atoms with E-state index in [4.69, 9.17) is 94.5 Å². The van der Waals surface area contributed by atoms with Crippen molar-refractivity contribution in [3.8, 4) is 5.88 Å². The van der Waals surface area contributed by atoms with Crippen molar-refractivity contribution in [2.45, 2.75) is 83.3 Å². The first-order valence-electron chi connectivity index (χ1n) is 31.5. The topological polar surface area (TPSA) is 253 Å². The van der Waals surface area contributed by atoms with E-state index in [1.807, 2.05) is 30.3 Å². The molecule has 2 heterocycles. The van der Waals surface area contributed by atoms with Crippen LogP contribution >= 0.6 is 23.2 Å². The molecule has 1 aromatic heterocycles. The van der Waals surface area contributed by atoms with E-state index in [-0.39, 0.29) is 24.9 Å². The van der Waals surface area contributed by atoms with Crippen LogP contribution in [0.4, 0.5) is 10.5 Å². The molecule has 0 radical (unpaired) electrons. The number of ether oxygens (including phenoxy) is 14. The number of nitrogens with one attached hydrogen (secondary N) is 5. The molecule has 1 fully saturated rings. The van der Waals surface area contributed by atoms with Gasteiger partial charge in [-0.05, 0) is 119 Å². The maximum absolute atomic E-state index is 12.5. The molecule has 1 aliphatic rings. The molecule has 0 spiro atoms. The summed E-state index contributed by atoms with van der Waals surface area (Å²) in [4.78, 5) is 40.7. The molecule has 0 bridgehead atoms. The number of halogens is 2. The molecular formula is C65H98Cl2N6O17. The molecule has 3 aromatic carbocycles. The third-order valence-electron chi connectivity index (χ3n) is 13.4. The molecule has 0 unspecified atom stereocenters. The van der Waals surface area contributed by atoms with Crippen molar-refractivity contribution in [1.29, 1.82) is 0 Å². The molecule has 504 valence electrons. The average molecular weight is 1310 g/mol. The number of hydrogen-bond donors (Lipinski definition) is 5. The minimum atomic E-state index is -0.731. The molecule has 0 atom stereocenters. The molecule has 5 N–H and O–H groups in total. The Kier molecular flexibility index (Phi) is 40.2. The first-order chi connectivity index (χ1) is 43.9. The zero-order chi connectivity index (χ0) is 64.0. The van der Waals surface area contributed by atoms with Gasteiger partial charge in [0, 0.05) is 52.1 Å². The van der Waals surface area contributed by atoms with E-state index in [2.05, 4.69) is 69.3 Å². The van der Waals surface area contributed by atoms with Crippen LogP contribution in [-0.4, -0.2) is 219 Å². The number of nitrogens with zero attached hydrogens (tertiary/aromatic N) is 1. The Morgan fingerprint density at radius 3 is 1.39 bits per heavy atom. The first-order valence-corrected chi connectivity index (χ1v) is 32.2. The minimum absolute atomic E-state index is 0.00523. The van der Waals surface area contributed by atoms with Gasteiger partial charge in [0.1, 0.15) is 5.60 Å².